The predicted octanol–water partition coefficient (Wildman–Crippen LogP) is 6.08. The Hall–Kier alpha value is -4.38. The molecule has 0 aromatic heterocycles. The van der Waals surface area contributed by atoms with Crippen LogP contribution in [0.5, 0.6) is 0 Å². The van der Waals surface area contributed by atoms with Crippen LogP contribution in [-0.4, -0.2) is 70.7 Å². The van der Waals surface area contributed by atoms with Gasteiger partial charge < -0.3 is 25.0 Å². The summed E-state index contributed by atoms with van der Waals surface area (Å²) in [6, 6.07) is 35.0. The normalized spacial score (nSPS) is 20.0. The Morgan fingerprint density at radius 3 is 2.14 bits per heavy atom. The molecule has 3 atom stereocenters. The van der Waals surface area contributed by atoms with Gasteiger partial charge in [-0.05, 0) is 45.9 Å². The fourth-order valence-electron chi connectivity index (χ4n) is 6.68. The van der Waals surface area contributed by atoms with Gasteiger partial charge in [-0.3, -0.25) is 19.4 Å². The number of hydrogen-bond donors (Lipinski definition) is 3. The highest BCUT2D eigenvalue weighted by atomic mass is 16.7. The maximum Gasteiger partial charge on any atom is 0.303 e. The minimum atomic E-state index is -0.893. The van der Waals surface area contributed by atoms with Gasteiger partial charge in [0.2, 0.25) is 5.91 Å². The molecule has 9 heteroatoms. The van der Waals surface area contributed by atoms with Crippen molar-refractivity contribution in [3.05, 3.63) is 131 Å². The second-order valence-electron chi connectivity index (χ2n) is 13.3. The number of amides is 1. The number of benzene rings is 4. The van der Waals surface area contributed by atoms with E-state index in [4.69, 9.17) is 14.6 Å². The number of piperazine rings is 1. The summed E-state index contributed by atoms with van der Waals surface area (Å²) in [5, 5.41) is 21.3. The lowest BCUT2D eigenvalue weighted by atomic mass is 9.98. The Bertz CT molecular complexity index is 1670. The van der Waals surface area contributed by atoms with Gasteiger partial charge in [-0.25, -0.2) is 0 Å². The third kappa shape index (κ3) is 10.1. The second kappa shape index (κ2) is 17.5. The van der Waals surface area contributed by atoms with E-state index in [1.807, 2.05) is 42.5 Å². The van der Waals surface area contributed by atoms with Gasteiger partial charge in [0.1, 0.15) is 0 Å². The van der Waals surface area contributed by atoms with Gasteiger partial charge in [-0.15, -0.1) is 0 Å². The molecule has 2 saturated heterocycles. The van der Waals surface area contributed by atoms with Gasteiger partial charge >= 0.3 is 5.97 Å². The third-order valence-corrected chi connectivity index (χ3v) is 9.52. The molecule has 1 amide bonds. The van der Waals surface area contributed by atoms with E-state index in [-0.39, 0.29) is 37.6 Å². The summed E-state index contributed by atoms with van der Waals surface area (Å²) in [7, 11) is 0. The summed E-state index contributed by atoms with van der Waals surface area (Å²) in [5.41, 5.74) is 7.30. The molecule has 4 aromatic carbocycles. The maximum atomic E-state index is 12.2. The molecule has 2 aliphatic rings. The predicted molar refractivity (Wildman–Crippen MR) is 192 cm³/mol. The van der Waals surface area contributed by atoms with Gasteiger partial charge in [-0.1, -0.05) is 97.1 Å². The van der Waals surface area contributed by atoms with E-state index in [0.717, 1.165) is 79.1 Å². The van der Waals surface area contributed by atoms with E-state index < -0.39 is 12.3 Å². The van der Waals surface area contributed by atoms with Crippen molar-refractivity contribution in [1.82, 2.24) is 15.1 Å². The fraction of sp³-hybridized carbons (Fsp3) is 0.366. The van der Waals surface area contributed by atoms with Gasteiger partial charge in [0.25, 0.3) is 0 Å². The van der Waals surface area contributed by atoms with Gasteiger partial charge in [0.15, 0.2) is 6.29 Å². The Labute approximate surface area is 294 Å². The quantitative estimate of drug-likeness (QED) is 0.147. The van der Waals surface area contributed by atoms with E-state index in [2.05, 4.69) is 75.8 Å². The highest BCUT2D eigenvalue weighted by molar-refractivity contribution is 5.76. The van der Waals surface area contributed by atoms with Crippen LogP contribution in [0.15, 0.2) is 103 Å². The van der Waals surface area contributed by atoms with Crippen molar-refractivity contribution in [2.75, 3.05) is 32.7 Å². The first-order chi connectivity index (χ1) is 24.4. The van der Waals surface area contributed by atoms with Crippen LogP contribution in [0.2, 0.25) is 0 Å². The largest absolute Gasteiger partial charge is 0.481 e. The van der Waals surface area contributed by atoms with Crippen molar-refractivity contribution in [3.8, 4) is 11.1 Å². The first-order valence-electron chi connectivity index (χ1n) is 17.6. The minimum absolute atomic E-state index is 0.00682. The topological polar surface area (TPSA) is 112 Å². The average Bonchev–Trinajstić information content (AvgIpc) is 3.15. The van der Waals surface area contributed by atoms with Gasteiger partial charge in [0, 0.05) is 70.6 Å². The Morgan fingerprint density at radius 2 is 1.42 bits per heavy atom. The number of ether oxygens (including phenoxy) is 2. The molecule has 6 rings (SSSR count). The molecule has 262 valence electrons. The van der Waals surface area contributed by atoms with Gasteiger partial charge in [0.05, 0.1) is 18.8 Å². The first kappa shape index (κ1) is 35.4. The summed E-state index contributed by atoms with van der Waals surface area (Å²) in [6.45, 7) is 6.24. The van der Waals surface area contributed by atoms with E-state index in [1.165, 1.54) is 5.56 Å². The zero-order valence-electron chi connectivity index (χ0n) is 28.5. The number of carbonyl (C=O) groups is 2. The molecule has 50 heavy (non-hydrogen) atoms. The van der Waals surface area contributed by atoms with Crippen LogP contribution >= 0.6 is 0 Å². The number of aliphatic hydroxyl groups excluding tert-OH is 1. The Morgan fingerprint density at radius 1 is 0.720 bits per heavy atom. The molecule has 4 aromatic rings. The number of nitrogens with one attached hydrogen (secondary N) is 1. The monoisotopic (exact) mass is 677 g/mol. The molecule has 0 unspecified atom stereocenters. The summed E-state index contributed by atoms with van der Waals surface area (Å²) in [6.07, 6.45) is 0.592. The molecule has 3 N–H and O–H groups in total. The van der Waals surface area contributed by atoms with Crippen LogP contribution in [0.4, 0.5) is 0 Å². The summed E-state index contributed by atoms with van der Waals surface area (Å²) >= 11 is 0. The van der Waals surface area contributed by atoms with Crippen LogP contribution in [0.25, 0.3) is 11.1 Å². The number of nitrogens with zero attached hydrogens (tertiary/aromatic N) is 2. The lowest BCUT2D eigenvalue weighted by Crippen LogP contribution is -2.49. The Kier molecular flexibility index (Phi) is 12.4. The molecule has 0 aliphatic carbocycles. The molecular formula is C41H47N3O6. The average molecular weight is 678 g/mol. The van der Waals surface area contributed by atoms with E-state index in [1.54, 1.807) is 0 Å². The van der Waals surface area contributed by atoms with E-state index in [9.17, 15) is 14.7 Å². The third-order valence-electron chi connectivity index (χ3n) is 9.52. The molecule has 9 nitrogen and oxygen atoms in total. The van der Waals surface area contributed by atoms with Crippen molar-refractivity contribution >= 4 is 11.9 Å². The number of hydrogen-bond acceptors (Lipinski definition) is 7. The van der Waals surface area contributed by atoms with E-state index >= 15 is 0 Å². The molecule has 2 aliphatic heterocycles. The fourth-order valence-corrected chi connectivity index (χ4v) is 6.68. The number of rotatable bonds is 14. The van der Waals surface area contributed by atoms with Gasteiger partial charge in [-0.2, -0.15) is 0 Å². The number of carboxylic acids is 1. The van der Waals surface area contributed by atoms with Crippen LogP contribution in [-0.2, 0) is 38.8 Å². The molecule has 2 fully saturated rings. The summed E-state index contributed by atoms with van der Waals surface area (Å²) < 4.78 is 13.3. The minimum Gasteiger partial charge on any atom is -0.481 e. The van der Waals surface area contributed by atoms with Crippen molar-refractivity contribution in [2.45, 2.75) is 63.9 Å². The maximum absolute atomic E-state index is 12.2. The number of aliphatic carboxylic acids is 1. The van der Waals surface area contributed by atoms with Crippen LogP contribution in [0.3, 0.4) is 0 Å². The van der Waals surface area contributed by atoms with Crippen molar-refractivity contribution in [1.29, 1.82) is 0 Å². The van der Waals surface area contributed by atoms with Crippen LogP contribution < -0.4 is 5.32 Å². The second-order valence-corrected chi connectivity index (χ2v) is 13.3. The van der Waals surface area contributed by atoms with Crippen molar-refractivity contribution < 1.29 is 29.3 Å². The highest BCUT2D eigenvalue weighted by Gasteiger charge is 2.33. The SMILES string of the molecule is O=C(O)CCCC(=O)NCc1cccc(-c2ccc([C@@H]3O[C@H](CN4CCN(Cc5ccccc5)CC4)C[C@H](c4ccc(CO)cc4)O3)cc2)c1. The first-order valence-corrected chi connectivity index (χ1v) is 17.6. The van der Waals surface area contributed by atoms with Crippen molar-refractivity contribution in [2.24, 2.45) is 0 Å². The summed E-state index contributed by atoms with van der Waals surface area (Å²) in [5.74, 6) is -1.05. The zero-order valence-corrected chi connectivity index (χ0v) is 28.5. The lowest BCUT2D eigenvalue weighted by Gasteiger charge is -2.40. The highest BCUT2D eigenvalue weighted by Crippen LogP contribution is 2.39. The summed E-state index contributed by atoms with van der Waals surface area (Å²) in [4.78, 5) is 27.9. The van der Waals surface area contributed by atoms with E-state index in [0.29, 0.717) is 13.0 Å². The molecule has 0 saturated carbocycles. The number of carbonyl (C=O) groups excluding carboxylic acids is 1. The molecular weight excluding hydrogens is 630 g/mol. The molecule has 0 radical (unpaired) electrons. The number of carboxylic acid groups (broad SMARTS) is 1. The van der Waals surface area contributed by atoms with Crippen LogP contribution in [0, 0.1) is 0 Å². The number of aliphatic hydroxyl groups is 1. The smallest absolute Gasteiger partial charge is 0.303 e. The zero-order chi connectivity index (χ0) is 34.7. The molecule has 0 spiro atoms. The molecule has 2 heterocycles. The standard InChI is InChI=1S/C41H47N3O6/c45-29-31-12-14-34(15-13-31)38-25-37(28-44-22-20-43(21-23-44)27-30-6-2-1-3-7-30)49-41(50-38)35-18-16-33(17-19-35)36-9-4-8-32(24-36)26-42-39(46)10-5-11-40(47)48/h1-4,6-9,12-19,24,37-38,41,45H,5,10-11,20-23,25-29H2,(H,42,46)(H,47,48)/t37-,38+,41+/m0/s1. The Balaban J connectivity index is 1.09. The lowest BCUT2D eigenvalue weighted by molar-refractivity contribution is -0.253. The van der Waals surface area contributed by atoms with Crippen molar-refractivity contribution in [3.63, 3.8) is 0 Å². The molecule has 0 bridgehead atoms. The van der Waals surface area contributed by atoms with Crippen LogP contribution in [0.1, 0.15) is 65.9 Å².